The maximum atomic E-state index is 10.5. The van der Waals surface area contributed by atoms with Crippen molar-refractivity contribution in [1.82, 2.24) is 0 Å². The van der Waals surface area contributed by atoms with E-state index in [4.69, 9.17) is 5.11 Å². The van der Waals surface area contributed by atoms with Gasteiger partial charge in [0.05, 0.1) is 0 Å². The number of hydrogen-bond acceptors (Lipinski definition) is 4. The summed E-state index contributed by atoms with van der Waals surface area (Å²) in [7, 11) is 0. The van der Waals surface area contributed by atoms with Gasteiger partial charge in [-0.2, -0.15) is 0 Å². The zero-order valence-electron chi connectivity index (χ0n) is 7.71. The number of halogens is 1. The van der Waals surface area contributed by atoms with Crippen LogP contribution >= 0.6 is 15.9 Å². The molecule has 2 atom stereocenters. The highest BCUT2D eigenvalue weighted by Gasteiger charge is 2.31. The lowest BCUT2D eigenvalue weighted by Gasteiger charge is -2.15. The van der Waals surface area contributed by atoms with E-state index < -0.39 is 23.7 Å². The highest BCUT2D eigenvalue weighted by atomic mass is 79.9. The summed E-state index contributed by atoms with van der Waals surface area (Å²) >= 11 is 3.18. The minimum absolute atomic E-state index is 0.397. The number of hydrogen-bond donors (Lipinski definition) is 2. The lowest BCUT2D eigenvalue weighted by molar-refractivity contribution is -0.539. The first-order chi connectivity index (χ1) is 7.07. The quantitative estimate of drug-likeness (QED) is 0.637. The Bertz CT molecular complexity index is 358. The van der Waals surface area contributed by atoms with E-state index in [0.717, 1.165) is 0 Å². The van der Waals surface area contributed by atoms with E-state index in [-0.39, 0.29) is 0 Å². The molecular formula is C9H10BrNO4. The Labute approximate surface area is 94.6 Å². The standard InChI is InChI=1S/C9H10BrNO4/c10-7-4-2-1-3-6(7)9(13)8(5-12)11(14)15/h1-4,8-9,12-13H,5H2. The molecule has 0 heterocycles. The van der Waals surface area contributed by atoms with Crippen molar-refractivity contribution in [3.8, 4) is 0 Å². The van der Waals surface area contributed by atoms with Gasteiger partial charge in [-0.15, -0.1) is 0 Å². The first-order valence-electron chi connectivity index (χ1n) is 4.24. The number of benzene rings is 1. The summed E-state index contributed by atoms with van der Waals surface area (Å²) in [5, 5.41) is 29.0. The van der Waals surface area contributed by atoms with E-state index in [9.17, 15) is 15.2 Å². The van der Waals surface area contributed by atoms with Crippen LogP contribution in [-0.2, 0) is 0 Å². The average molecular weight is 276 g/mol. The second-order valence-electron chi connectivity index (χ2n) is 3.00. The zero-order chi connectivity index (χ0) is 11.4. The molecule has 6 heteroatoms. The van der Waals surface area contributed by atoms with E-state index in [2.05, 4.69) is 15.9 Å². The lowest BCUT2D eigenvalue weighted by Crippen LogP contribution is -2.31. The molecule has 0 aliphatic heterocycles. The van der Waals surface area contributed by atoms with Crippen LogP contribution in [0.5, 0.6) is 0 Å². The van der Waals surface area contributed by atoms with Crippen molar-refractivity contribution in [3.05, 3.63) is 44.4 Å². The van der Waals surface area contributed by atoms with Gasteiger partial charge in [-0.05, 0) is 6.07 Å². The Morgan fingerprint density at radius 2 is 2.07 bits per heavy atom. The van der Waals surface area contributed by atoms with Gasteiger partial charge in [-0.3, -0.25) is 10.1 Å². The Morgan fingerprint density at radius 1 is 1.47 bits per heavy atom. The Kier molecular flexibility index (Phi) is 4.19. The Morgan fingerprint density at radius 3 is 2.53 bits per heavy atom. The van der Waals surface area contributed by atoms with Gasteiger partial charge in [0.15, 0.2) is 0 Å². The van der Waals surface area contributed by atoms with Gasteiger partial charge in [0.25, 0.3) is 6.04 Å². The van der Waals surface area contributed by atoms with E-state index >= 15 is 0 Å². The molecular weight excluding hydrogens is 266 g/mol. The van der Waals surface area contributed by atoms with E-state index in [0.29, 0.717) is 10.0 Å². The smallest absolute Gasteiger partial charge is 0.265 e. The maximum absolute atomic E-state index is 10.5. The second kappa shape index (κ2) is 5.20. The molecule has 0 aromatic heterocycles. The van der Waals surface area contributed by atoms with Gasteiger partial charge in [0, 0.05) is 15.0 Å². The van der Waals surface area contributed by atoms with E-state index in [1.54, 1.807) is 24.3 Å². The molecule has 0 aliphatic rings. The molecule has 2 N–H and O–H groups in total. The van der Waals surface area contributed by atoms with Gasteiger partial charge in [0.2, 0.25) is 0 Å². The van der Waals surface area contributed by atoms with Gasteiger partial charge in [-0.25, -0.2) is 0 Å². The van der Waals surface area contributed by atoms with Gasteiger partial charge >= 0.3 is 0 Å². The number of rotatable bonds is 4. The minimum Gasteiger partial charge on any atom is -0.389 e. The molecule has 5 nitrogen and oxygen atoms in total. The van der Waals surface area contributed by atoms with Crippen LogP contribution in [0.2, 0.25) is 0 Å². The van der Waals surface area contributed by atoms with Crippen LogP contribution in [0.25, 0.3) is 0 Å². The zero-order valence-corrected chi connectivity index (χ0v) is 9.29. The van der Waals surface area contributed by atoms with Crippen molar-refractivity contribution in [1.29, 1.82) is 0 Å². The summed E-state index contributed by atoms with van der Waals surface area (Å²) in [6.45, 7) is -0.699. The van der Waals surface area contributed by atoms with Gasteiger partial charge in [-0.1, -0.05) is 34.1 Å². The fourth-order valence-electron chi connectivity index (χ4n) is 1.20. The molecule has 0 spiro atoms. The molecule has 1 aromatic carbocycles. The predicted molar refractivity (Wildman–Crippen MR) is 57.0 cm³/mol. The van der Waals surface area contributed by atoms with Crippen molar-refractivity contribution >= 4 is 15.9 Å². The summed E-state index contributed by atoms with van der Waals surface area (Å²) in [4.78, 5) is 9.84. The van der Waals surface area contributed by atoms with E-state index in [1.165, 1.54) is 0 Å². The van der Waals surface area contributed by atoms with Crippen molar-refractivity contribution in [2.24, 2.45) is 0 Å². The van der Waals surface area contributed by atoms with Crippen LogP contribution in [0, 0.1) is 10.1 Å². The molecule has 2 unspecified atom stereocenters. The molecule has 0 saturated carbocycles. The molecule has 1 aromatic rings. The first-order valence-corrected chi connectivity index (χ1v) is 5.04. The van der Waals surface area contributed by atoms with Crippen LogP contribution in [0.4, 0.5) is 0 Å². The normalized spacial score (nSPS) is 14.6. The largest absolute Gasteiger partial charge is 0.389 e. The summed E-state index contributed by atoms with van der Waals surface area (Å²) in [6, 6.07) is 5.25. The average Bonchev–Trinajstić information content (AvgIpc) is 2.18. The van der Waals surface area contributed by atoms with Crippen molar-refractivity contribution in [2.75, 3.05) is 6.61 Å². The molecule has 0 saturated heterocycles. The minimum atomic E-state index is -1.40. The topological polar surface area (TPSA) is 83.6 Å². The number of nitro groups is 1. The molecule has 15 heavy (non-hydrogen) atoms. The second-order valence-corrected chi connectivity index (χ2v) is 3.86. The summed E-state index contributed by atoms with van der Waals surface area (Å²) in [5.74, 6) is 0. The Hall–Kier alpha value is -0.980. The van der Waals surface area contributed by atoms with Crippen LogP contribution in [-0.4, -0.2) is 27.8 Å². The Balaban J connectivity index is 2.97. The first kappa shape index (κ1) is 12.1. The fraction of sp³-hybridized carbons (Fsp3) is 0.333. The summed E-state index contributed by atoms with van der Waals surface area (Å²) in [6.07, 6.45) is -1.32. The van der Waals surface area contributed by atoms with Gasteiger partial charge in [0.1, 0.15) is 12.7 Å². The van der Waals surface area contributed by atoms with Gasteiger partial charge < -0.3 is 10.2 Å². The van der Waals surface area contributed by atoms with Crippen LogP contribution in [0.3, 0.4) is 0 Å². The van der Waals surface area contributed by atoms with Crippen LogP contribution in [0.15, 0.2) is 28.7 Å². The third kappa shape index (κ3) is 2.74. The number of aliphatic hydroxyl groups is 2. The fourth-order valence-corrected chi connectivity index (χ4v) is 1.72. The van der Waals surface area contributed by atoms with E-state index in [1.807, 2.05) is 0 Å². The summed E-state index contributed by atoms with van der Waals surface area (Å²) in [5.41, 5.74) is 0.397. The van der Waals surface area contributed by atoms with Crippen molar-refractivity contribution < 1.29 is 15.1 Å². The molecule has 82 valence electrons. The molecule has 0 amide bonds. The molecule has 0 bridgehead atoms. The number of nitrogens with zero attached hydrogens (tertiary/aromatic N) is 1. The predicted octanol–water partition coefficient (Wildman–Crippen LogP) is 1.12. The highest BCUT2D eigenvalue weighted by molar-refractivity contribution is 9.10. The maximum Gasteiger partial charge on any atom is 0.265 e. The molecule has 0 radical (unpaired) electrons. The number of aliphatic hydroxyl groups excluding tert-OH is 2. The van der Waals surface area contributed by atoms with Crippen molar-refractivity contribution in [3.63, 3.8) is 0 Å². The lowest BCUT2D eigenvalue weighted by atomic mass is 10.0. The molecule has 1 rings (SSSR count). The highest BCUT2D eigenvalue weighted by Crippen LogP contribution is 2.26. The monoisotopic (exact) mass is 275 g/mol. The summed E-state index contributed by atoms with van der Waals surface area (Å²) < 4.78 is 0.581. The SMILES string of the molecule is O=[N+]([O-])C(CO)C(O)c1ccccc1Br. The third-order valence-electron chi connectivity index (χ3n) is 2.05. The van der Waals surface area contributed by atoms with Crippen molar-refractivity contribution in [2.45, 2.75) is 12.1 Å². The molecule has 0 aliphatic carbocycles. The van der Waals surface area contributed by atoms with Crippen LogP contribution < -0.4 is 0 Å². The van der Waals surface area contributed by atoms with Crippen LogP contribution in [0.1, 0.15) is 11.7 Å². The molecule has 0 fully saturated rings. The third-order valence-corrected chi connectivity index (χ3v) is 2.77.